The molecule has 0 aliphatic carbocycles. The van der Waals surface area contributed by atoms with Crippen molar-refractivity contribution >= 4 is 19.3 Å². The van der Waals surface area contributed by atoms with Gasteiger partial charge in [0, 0.05) is 17.8 Å². The zero-order chi connectivity index (χ0) is 11.2. The minimum Gasteiger partial charge on any atom is -0.272 e. The molecular formula is C12H12N2OP+. The van der Waals surface area contributed by atoms with Crippen LogP contribution in [0.3, 0.4) is 0 Å². The van der Waals surface area contributed by atoms with Crippen molar-refractivity contribution in [2.24, 2.45) is 0 Å². The van der Waals surface area contributed by atoms with Crippen LogP contribution in [0, 0.1) is 0 Å². The Hall–Kier alpha value is -1.79. The van der Waals surface area contributed by atoms with Crippen LogP contribution in [-0.4, -0.2) is 4.89 Å². The Morgan fingerprint density at radius 3 is 2.06 bits per heavy atom. The van der Waals surface area contributed by atoms with Gasteiger partial charge in [0.2, 0.25) is 0 Å². The molecule has 2 rings (SSSR count). The van der Waals surface area contributed by atoms with Crippen LogP contribution in [0.2, 0.25) is 0 Å². The van der Waals surface area contributed by atoms with Crippen molar-refractivity contribution in [3.63, 3.8) is 0 Å². The van der Waals surface area contributed by atoms with Crippen LogP contribution in [0.4, 0.5) is 11.4 Å². The minimum atomic E-state index is -1.56. The summed E-state index contributed by atoms with van der Waals surface area (Å²) >= 11 is 0. The van der Waals surface area contributed by atoms with E-state index in [9.17, 15) is 4.89 Å². The highest BCUT2D eigenvalue weighted by Crippen LogP contribution is 2.24. The molecule has 16 heavy (non-hydrogen) atoms. The van der Waals surface area contributed by atoms with E-state index in [1.165, 1.54) is 0 Å². The maximum Gasteiger partial charge on any atom is 0.503 e. The number of rotatable bonds is 1. The standard InChI is InChI=1S/C12H11N2OP/c15-16(13-11-7-3-1-4-8-11)14-12-9-5-2-6-10-12/h1-10H,(H,13,15)/p+1. The second kappa shape index (κ2) is 5.34. The number of nitrogens with one attached hydrogen (secondary N) is 1. The average molecular weight is 231 g/mol. The molecular weight excluding hydrogens is 219 g/mol. The maximum atomic E-state index is 9.74. The molecule has 0 amide bonds. The molecule has 1 unspecified atom stereocenters. The highest BCUT2D eigenvalue weighted by Gasteiger charge is 2.04. The number of anilines is 1. The second-order valence-electron chi connectivity index (χ2n) is 3.20. The fraction of sp³-hybridized carbons (Fsp3) is 0. The first-order valence-electron chi connectivity index (χ1n) is 4.92. The van der Waals surface area contributed by atoms with Crippen molar-refractivity contribution in [2.45, 2.75) is 0 Å². The van der Waals surface area contributed by atoms with E-state index in [-0.39, 0.29) is 0 Å². The summed E-state index contributed by atoms with van der Waals surface area (Å²) in [6.45, 7) is 0. The molecule has 0 aliphatic rings. The predicted molar refractivity (Wildman–Crippen MR) is 68.7 cm³/mol. The third kappa shape index (κ3) is 3.11. The summed E-state index contributed by atoms with van der Waals surface area (Å²) in [5.41, 5.74) is 1.65. The Balaban J connectivity index is 2.15. The summed E-state index contributed by atoms with van der Waals surface area (Å²) in [7, 11) is -1.56. The highest BCUT2D eigenvalue weighted by molar-refractivity contribution is 7.41. The third-order valence-electron chi connectivity index (χ3n) is 1.97. The fourth-order valence-electron chi connectivity index (χ4n) is 1.26. The monoisotopic (exact) mass is 231 g/mol. The van der Waals surface area contributed by atoms with Crippen molar-refractivity contribution < 1.29 is 4.89 Å². The van der Waals surface area contributed by atoms with Crippen molar-refractivity contribution in [2.75, 3.05) is 5.09 Å². The molecule has 0 saturated carbocycles. The van der Waals surface area contributed by atoms with E-state index in [0.29, 0.717) is 0 Å². The molecule has 0 heterocycles. The maximum absolute atomic E-state index is 9.74. The number of para-hydroxylation sites is 1. The van der Waals surface area contributed by atoms with Gasteiger partial charge in [-0.25, -0.2) is 0 Å². The van der Waals surface area contributed by atoms with Crippen molar-refractivity contribution in [3.05, 3.63) is 65.2 Å². The summed E-state index contributed by atoms with van der Waals surface area (Å²) in [6, 6.07) is 19.0. The van der Waals surface area contributed by atoms with Gasteiger partial charge in [-0.1, -0.05) is 36.4 Å². The van der Waals surface area contributed by atoms with Gasteiger partial charge in [0.15, 0.2) is 0 Å². The topological polar surface area (TPSA) is 36.6 Å². The van der Waals surface area contributed by atoms with Gasteiger partial charge in [0.25, 0.3) is 0 Å². The summed E-state index contributed by atoms with van der Waals surface area (Å²) in [5, 5.41) is 2.94. The molecule has 80 valence electrons. The fourth-order valence-corrected chi connectivity index (χ4v) is 2.04. The van der Waals surface area contributed by atoms with Gasteiger partial charge in [0.05, 0.1) is 0 Å². The zero-order valence-electron chi connectivity index (χ0n) is 8.62. The van der Waals surface area contributed by atoms with E-state index in [1.807, 2.05) is 60.7 Å². The first kappa shape index (κ1) is 10.7. The SMILES string of the molecule is OP(#[N+]c1ccccc1)Nc1ccccc1. The lowest BCUT2D eigenvalue weighted by Crippen LogP contribution is -1.81. The predicted octanol–water partition coefficient (Wildman–Crippen LogP) is 4.02. The van der Waals surface area contributed by atoms with E-state index in [1.54, 1.807) is 0 Å². The molecule has 0 aliphatic heterocycles. The molecule has 3 nitrogen and oxygen atoms in total. The Bertz CT molecular complexity index is 528. The van der Waals surface area contributed by atoms with Crippen molar-refractivity contribution in [1.29, 1.82) is 0 Å². The van der Waals surface area contributed by atoms with E-state index >= 15 is 0 Å². The van der Waals surface area contributed by atoms with Gasteiger partial charge in [-0.05, 0) is 16.7 Å². The van der Waals surface area contributed by atoms with Gasteiger partial charge in [-0.2, -0.15) is 0 Å². The van der Waals surface area contributed by atoms with E-state index < -0.39 is 7.94 Å². The van der Waals surface area contributed by atoms with Gasteiger partial charge in [-0.15, -0.1) is 0 Å². The molecule has 2 N–H and O–H groups in total. The van der Waals surface area contributed by atoms with Crippen LogP contribution >= 0.6 is 7.94 Å². The van der Waals surface area contributed by atoms with Crippen molar-refractivity contribution in [3.8, 4) is 0 Å². The molecule has 1 atom stereocenters. The summed E-state index contributed by atoms with van der Waals surface area (Å²) in [5.74, 6) is 0. The Morgan fingerprint density at radius 2 is 1.44 bits per heavy atom. The molecule has 4 heteroatoms. The molecule has 0 saturated heterocycles. The Kier molecular flexibility index (Phi) is 3.58. The van der Waals surface area contributed by atoms with Crippen LogP contribution in [0.5, 0.6) is 0 Å². The van der Waals surface area contributed by atoms with Gasteiger partial charge in [0.1, 0.15) is 0 Å². The number of hydrogen-bond acceptors (Lipinski definition) is 2. The quantitative estimate of drug-likeness (QED) is 0.727. The summed E-state index contributed by atoms with van der Waals surface area (Å²) < 4.78 is 4.16. The van der Waals surface area contributed by atoms with E-state index in [0.717, 1.165) is 11.4 Å². The van der Waals surface area contributed by atoms with Crippen LogP contribution in [0.25, 0.3) is 4.59 Å². The summed E-state index contributed by atoms with van der Waals surface area (Å²) in [6.07, 6.45) is 0. The molecule has 0 fully saturated rings. The molecule has 2 aromatic rings. The number of benzene rings is 2. The minimum absolute atomic E-state index is 0.777. The largest absolute Gasteiger partial charge is 0.503 e. The summed E-state index contributed by atoms with van der Waals surface area (Å²) in [4.78, 5) is 9.74. The molecule has 2 aromatic carbocycles. The second-order valence-corrected chi connectivity index (χ2v) is 4.21. The van der Waals surface area contributed by atoms with Crippen molar-refractivity contribution in [1.82, 2.24) is 0 Å². The lowest BCUT2D eigenvalue weighted by atomic mass is 10.3. The normalized spacial score (nSPS) is 10.4. The Morgan fingerprint density at radius 1 is 0.875 bits per heavy atom. The molecule has 0 radical (unpaired) electrons. The zero-order valence-corrected chi connectivity index (χ0v) is 9.51. The average Bonchev–Trinajstić information content (AvgIpc) is 2.31. The molecule has 0 aromatic heterocycles. The molecule has 0 bridgehead atoms. The van der Waals surface area contributed by atoms with Crippen LogP contribution in [-0.2, 0) is 0 Å². The lowest BCUT2D eigenvalue weighted by molar-refractivity contribution is 0.647. The number of hydrogen-bond donors (Lipinski definition) is 2. The smallest absolute Gasteiger partial charge is 0.272 e. The van der Waals surface area contributed by atoms with Crippen LogP contribution < -0.4 is 5.09 Å². The van der Waals surface area contributed by atoms with Gasteiger partial charge >= 0.3 is 13.6 Å². The molecule has 0 spiro atoms. The van der Waals surface area contributed by atoms with Gasteiger partial charge < -0.3 is 0 Å². The first-order chi connectivity index (χ1) is 7.84. The highest BCUT2D eigenvalue weighted by atomic mass is 31.1. The third-order valence-corrected chi connectivity index (χ3v) is 2.85. The van der Waals surface area contributed by atoms with Crippen LogP contribution in [0.15, 0.2) is 60.7 Å². The Labute approximate surface area is 95.1 Å². The van der Waals surface area contributed by atoms with E-state index in [2.05, 4.69) is 9.67 Å². The van der Waals surface area contributed by atoms with E-state index in [4.69, 9.17) is 0 Å². The lowest BCUT2D eigenvalue weighted by Gasteiger charge is -1.93. The van der Waals surface area contributed by atoms with Crippen LogP contribution in [0.1, 0.15) is 0 Å². The first-order valence-corrected chi connectivity index (χ1v) is 6.17. The number of nitrogens with zero attached hydrogens (tertiary/aromatic N) is 1. The van der Waals surface area contributed by atoms with Gasteiger partial charge in [-0.3, -0.25) is 9.98 Å².